The third-order valence-corrected chi connectivity index (χ3v) is 3.67. The van der Waals surface area contributed by atoms with Crippen LogP contribution in [0, 0.1) is 0 Å². The summed E-state index contributed by atoms with van der Waals surface area (Å²) in [7, 11) is 1.64. The number of carbonyl (C=O) groups is 1. The number of carbonyl (C=O) groups excluding carboxylic acids is 1. The average molecular weight is 285 g/mol. The molecule has 2 rings (SSSR count). The van der Waals surface area contributed by atoms with E-state index in [4.69, 9.17) is 4.74 Å². The molecule has 0 spiro atoms. The summed E-state index contributed by atoms with van der Waals surface area (Å²) in [5.74, 6) is 0.777. The number of amides is 1. The van der Waals surface area contributed by atoms with Crippen molar-refractivity contribution in [2.24, 2.45) is 0 Å². The third-order valence-electron chi connectivity index (χ3n) is 3.67. The van der Waals surface area contributed by atoms with Gasteiger partial charge < -0.3 is 10.1 Å². The maximum absolute atomic E-state index is 11.7. The van der Waals surface area contributed by atoms with Gasteiger partial charge in [0.1, 0.15) is 5.75 Å². The van der Waals surface area contributed by atoms with E-state index in [2.05, 4.69) is 11.4 Å². The summed E-state index contributed by atoms with van der Waals surface area (Å²) in [4.78, 5) is 11.7. The number of methoxy groups -OCH3 is 1. The van der Waals surface area contributed by atoms with Crippen LogP contribution in [0.4, 0.5) is 0 Å². The second-order valence-electron chi connectivity index (χ2n) is 5.26. The van der Waals surface area contributed by atoms with E-state index in [1.807, 2.05) is 30.3 Å². The predicted octanol–water partition coefficient (Wildman–Crippen LogP) is 3.72. The topological polar surface area (TPSA) is 38.3 Å². The molecular formula is C18H23NO2. The fourth-order valence-corrected chi connectivity index (χ4v) is 2.42. The van der Waals surface area contributed by atoms with Gasteiger partial charge in [0.25, 0.3) is 0 Å². The highest BCUT2D eigenvalue weighted by atomic mass is 16.5. The zero-order valence-electron chi connectivity index (χ0n) is 12.6. The van der Waals surface area contributed by atoms with Crippen molar-refractivity contribution in [3.05, 3.63) is 47.6 Å². The molecule has 112 valence electrons. The molecule has 0 aliphatic heterocycles. The Bertz CT molecular complexity index is 515. The van der Waals surface area contributed by atoms with Crippen LogP contribution < -0.4 is 10.1 Å². The van der Waals surface area contributed by atoms with Gasteiger partial charge in [0.05, 0.1) is 7.11 Å². The van der Waals surface area contributed by atoms with Crippen LogP contribution in [-0.2, 0) is 4.79 Å². The van der Waals surface area contributed by atoms with Gasteiger partial charge in [0, 0.05) is 12.6 Å². The Morgan fingerprint density at radius 1 is 1.29 bits per heavy atom. The molecule has 1 aliphatic carbocycles. The van der Waals surface area contributed by atoms with Gasteiger partial charge in [-0.05, 0) is 55.9 Å². The number of ether oxygens (including phenoxy) is 1. The standard InChI is InChI=1S/C18H23NO2/c1-21-17-10-7-16(8-11-17)9-12-18(20)19-14-13-15-5-3-2-4-6-15/h5,7-12H,2-4,6,13-14H2,1H3,(H,19,20)/b12-9+. The number of benzene rings is 1. The lowest BCUT2D eigenvalue weighted by Crippen LogP contribution is -2.22. The van der Waals surface area contributed by atoms with Crippen LogP contribution in [0.15, 0.2) is 42.0 Å². The molecule has 1 N–H and O–H groups in total. The molecule has 0 fully saturated rings. The van der Waals surface area contributed by atoms with Crippen molar-refractivity contribution in [3.63, 3.8) is 0 Å². The second-order valence-corrected chi connectivity index (χ2v) is 5.26. The Hall–Kier alpha value is -2.03. The molecule has 1 amide bonds. The van der Waals surface area contributed by atoms with Crippen molar-refractivity contribution in [2.45, 2.75) is 32.1 Å². The first kappa shape index (κ1) is 15.4. The molecule has 21 heavy (non-hydrogen) atoms. The van der Waals surface area contributed by atoms with Gasteiger partial charge >= 0.3 is 0 Å². The molecule has 0 atom stereocenters. The Morgan fingerprint density at radius 3 is 2.76 bits per heavy atom. The van der Waals surface area contributed by atoms with Gasteiger partial charge in [0.15, 0.2) is 0 Å². The van der Waals surface area contributed by atoms with E-state index in [1.54, 1.807) is 13.2 Å². The second kappa shape index (κ2) is 8.30. The molecule has 0 aromatic heterocycles. The van der Waals surface area contributed by atoms with Crippen molar-refractivity contribution >= 4 is 12.0 Å². The van der Waals surface area contributed by atoms with Gasteiger partial charge in [-0.25, -0.2) is 0 Å². The molecule has 0 saturated carbocycles. The molecule has 3 heteroatoms. The van der Waals surface area contributed by atoms with Crippen LogP contribution in [0.5, 0.6) is 5.75 Å². The van der Waals surface area contributed by atoms with Crippen LogP contribution in [0.3, 0.4) is 0 Å². The molecule has 0 saturated heterocycles. The number of hydrogen-bond donors (Lipinski definition) is 1. The van der Waals surface area contributed by atoms with Crippen LogP contribution in [0.1, 0.15) is 37.7 Å². The van der Waals surface area contributed by atoms with Crippen molar-refractivity contribution < 1.29 is 9.53 Å². The summed E-state index contributed by atoms with van der Waals surface area (Å²) < 4.78 is 5.10. The molecule has 0 radical (unpaired) electrons. The van der Waals surface area contributed by atoms with Crippen LogP contribution in [-0.4, -0.2) is 19.6 Å². The van der Waals surface area contributed by atoms with E-state index in [9.17, 15) is 4.79 Å². The van der Waals surface area contributed by atoms with Gasteiger partial charge in [-0.2, -0.15) is 0 Å². The van der Waals surface area contributed by atoms with E-state index in [-0.39, 0.29) is 5.91 Å². The lowest BCUT2D eigenvalue weighted by atomic mass is 9.97. The fourth-order valence-electron chi connectivity index (χ4n) is 2.42. The van der Waals surface area contributed by atoms with Crippen LogP contribution >= 0.6 is 0 Å². The SMILES string of the molecule is COc1ccc(/C=C/C(=O)NCCC2=CCCCC2)cc1. The van der Waals surface area contributed by atoms with Crippen molar-refractivity contribution in [1.82, 2.24) is 5.32 Å². The summed E-state index contributed by atoms with van der Waals surface area (Å²) in [6, 6.07) is 7.62. The van der Waals surface area contributed by atoms with Gasteiger partial charge in [-0.15, -0.1) is 0 Å². The highest BCUT2D eigenvalue weighted by molar-refractivity contribution is 5.91. The molecule has 0 bridgehead atoms. The molecule has 3 nitrogen and oxygen atoms in total. The quantitative estimate of drug-likeness (QED) is 0.639. The third kappa shape index (κ3) is 5.46. The lowest BCUT2D eigenvalue weighted by Gasteiger charge is -2.12. The highest BCUT2D eigenvalue weighted by Crippen LogP contribution is 2.19. The average Bonchev–Trinajstić information content (AvgIpc) is 2.54. The summed E-state index contributed by atoms with van der Waals surface area (Å²) in [5.41, 5.74) is 2.47. The molecular weight excluding hydrogens is 262 g/mol. The molecule has 0 unspecified atom stereocenters. The van der Waals surface area contributed by atoms with Crippen molar-refractivity contribution in [1.29, 1.82) is 0 Å². The smallest absolute Gasteiger partial charge is 0.244 e. The van der Waals surface area contributed by atoms with Gasteiger partial charge in [-0.1, -0.05) is 23.8 Å². The van der Waals surface area contributed by atoms with E-state index in [0.29, 0.717) is 0 Å². The zero-order chi connectivity index (χ0) is 14.9. The molecule has 0 heterocycles. The van der Waals surface area contributed by atoms with Gasteiger partial charge in [-0.3, -0.25) is 4.79 Å². The first-order chi connectivity index (χ1) is 10.3. The Morgan fingerprint density at radius 2 is 2.10 bits per heavy atom. The van der Waals surface area contributed by atoms with E-state index >= 15 is 0 Å². The molecule has 1 aromatic carbocycles. The lowest BCUT2D eigenvalue weighted by molar-refractivity contribution is -0.116. The van der Waals surface area contributed by atoms with Crippen molar-refractivity contribution in [3.8, 4) is 5.75 Å². The maximum Gasteiger partial charge on any atom is 0.244 e. The number of nitrogens with one attached hydrogen (secondary N) is 1. The van der Waals surface area contributed by atoms with E-state index in [0.717, 1.165) is 24.3 Å². The molecule has 1 aromatic rings. The van der Waals surface area contributed by atoms with Crippen LogP contribution in [0.2, 0.25) is 0 Å². The summed E-state index contributed by atoms with van der Waals surface area (Å²) in [6.45, 7) is 0.720. The van der Waals surface area contributed by atoms with Crippen molar-refractivity contribution in [2.75, 3.05) is 13.7 Å². The predicted molar refractivity (Wildman–Crippen MR) is 86.2 cm³/mol. The van der Waals surface area contributed by atoms with Crippen LogP contribution in [0.25, 0.3) is 6.08 Å². The monoisotopic (exact) mass is 285 g/mol. The van der Waals surface area contributed by atoms with Gasteiger partial charge in [0.2, 0.25) is 5.91 Å². The summed E-state index contributed by atoms with van der Waals surface area (Å²) >= 11 is 0. The highest BCUT2D eigenvalue weighted by Gasteiger charge is 2.03. The maximum atomic E-state index is 11.7. The Kier molecular flexibility index (Phi) is 6.07. The number of rotatable bonds is 6. The largest absolute Gasteiger partial charge is 0.497 e. The number of hydrogen-bond acceptors (Lipinski definition) is 2. The number of allylic oxidation sites excluding steroid dienone is 1. The fraction of sp³-hybridized carbons (Fsp3) is 0.389. The van der Waals surface area contributed by atoms with E-state index in [1.165, 1.54) is 31.3 Å². The minimum absolute atomic E-state index is 0.0396. The van der Waals surface area contributed by atoms with E-state index < -0.39 is 0 Å². The minimum atomic E-state index is -0.0396. The minimum Gasteiger partial charge on any atom is -0.497 e. The Balaban J connectivity index is 1.72. The summed E-state index contributed by atoms with van der Waals surface area (Å²) in [6.07, 6.45) is 11.7. The first-order valence-electron chi connectivity index (χ1n) is 7.56. The zero-order valence-corrected chi connectivity index (χ0v) is 12.6. The first-order valence-corrected chi connectivity index (χ1v) is 7.56. The Labute approximate surface area is 126 Å². The summed E-state index contributed by atoms with van der Waals surface area (Å²) in [5, 5.41) is 2.93. The molecule has 1 aliphatic rings. The normalized spacial score (nSPS) is 14.8.